The summed E-state index contributed by atoms with van der Waals surface area (Å²) in [6.45, 7) is 6.29. The van der Waals surface area contributed by atoms with Gasteiger partial charge < -0.3 is 30.7 Å². The van der Waals surface area contributed by atoms with Crippen molar-refractivity contribution < 1.29 is 9.90 Å². The number of rotatable bonds is 12. The van der Waals surface area contributed by atoms with E-state index < -0.39 is 5.43 Å². The van der Waals surface area contributed by atoms with Gasteiger partial charge in [-0.25, -0.2) is 10.4 Å². The highest BCUT2D eigenvalue weighted by Gasteiger charge is 2.16. The summed E-state index contributed by atoms with van der Waals surface area (Å²) in [6.07, 6.45) is 2.37. The number of amides is 1. The molecular weight excluding hydrogens is 590 g/mol. The molecule has 0 aliphatic carbocycles. The van der Waals surface area contributed by atoms with Gasteiger partial charge in [0.25, 0.3) is 5.91 Å². The number of thiophene rings is 1. The second-order valence-corrected chi connectivity index (χ2v) is 11.5. The van der Waals surface area contributed by atoms with Gasteiger partial charge in [0.1, 0.15) is 0 Å². The number of hydrogen-bond acceptors (Lipinski definition) is 10. The fourth-order valence-corrected chi connectivity index (χ4v) is 5.56. The van der Waals surface area contributed by atoms with Crippen LogP contribution >= 0.6 is 11.3 Å². The Morgan fingerprint density at radius 2 is 1.93 bits per heavy atom. The third-order valence-corrected chi connectivity index (χ3v) is 8.23. The molecule has 0 aliphatic heterocycles. The van der Waals surface area contributed by atoms with Gasteiger partial charge in [0.15, 0.2) is 22.7 Å². The van der Waals surface area contributed by atoms with Gasteiger partial charge >= 0.3 is 0 Å². The molecule has 0 spiro atoms. The van der Waals surface area contributed by atoms with E-state index in [4.69, 9.17) is 0 Å². The van der Waals surface area contributed by atoms with Crippen LogP contribution in [0.5, 0.6) is 5.75 Å². The van der Waals surface area contributed by atoms with E-state index in [0.29, 0.717) is 71.1 Å². The number of imidazole rings is 1. The standard InChI is InChI=1S/C32H33N9O3S/c1-3-41-18-35-26-29(40-36-17-22-6-4-15-45-22)38-32(39-30(26)41)34-14-5-13-33-31(44)21-11-12-23-24(16-21)37-25(28(43)27(23)42)20-9-7-19(2)8-10-20/h4,6-12,15-16,18,36,43H,3,5,13-14,17H2,1-2H3,(H,33,44)(H,37,42)(H2,34,38,39,40). The van der Waals surface area contributed by atoms with Crippen molar-refractivity contribution in [3.8, 4) is 17.0 Å². The lowest BCUT2D eigenvalue weighted by molar-refractivity contribution is 0.0953. The molecule has 6 rings (SSSR count). The van der Waals surface area contributed by atoms with Crippen molar-refractivity contribution in [2.24, 2.45) is 0 Å². The molecule has 6 aromatic rings. The lowest BCUT2D eigenvalue weighted by atomic mass is 10.0. The van der Waals surface area contributed by atoms with Crippen LogP contribution in [0.25, 0.3) is 33.3 Å². The number of aromatic amines is 1. The topological polar surface area (TPSA) is 162 Å². The molecule has 0 fully saturated rings. The molecule has 13 heteroatoms. The van der Waals surface area contributed by atoms with Crippen LogP contribution in [0.4, 0.5) is 11.8 Å². The van der Waals surface area contributed by atoms with E-state index in [1.54, 1.807) is 35.9 Å². The molecule has 0 bridgehead atoms. The maximum Gasteiger partial charge on any atom is 0.251 e. The number of aromatic nitrogens is 5. The highest BCUT2D eigenvalue weighted by Crippen LogP contribution is 2.27. The maximum absolute atomic E-state index is 13.0. The van der Waals surface area contributed by atoms with E-state index in [9.17, 15) is 14.7 Å². The number of nitrogens with zero attached hydrogens (tertiary/aromatic N) is 4. The first-order valence-corrected chi connectivity index (χ1v) is 15.5. The summed E-state index contributed by atoms with van der Waals surface area (Å²) in [5.41, 5.74) is 10.2. The molecule has 0 saturated carbocycles. The average molecular weight is 624 g/mol. The SMILES string of the molecule is CCn1cnc2c(NNCc3cccs3)nc(NCCCNC(=O)c3ccc4c(=O)c(O)c(-c5ccc(C)cc5)[nH]c4c3)nc21. The monoisotopic (exact) mass is 623 g/mol. The van der Waals surface area contributed by atoms with Gasteiger partial charge in [-0.1, -0.05) is 35.9 Å². The zero-order chi connectivity index (χ0) is 31.3. The molecule has 0 atom stereocenters. The number of benzene rings is 2. The summed E-state index contributed by atoms with van der Waals surface area (Å²) in [7, 11) is 0. The minimum Gasteiger partial charge on any atom is -0.503 e. The number of carbonyl (C=O) groups excluding carboxylic acids is 1. The number of anilines is 2. The number of aryl methyl sites for hydroxylation is 2. The van der Waals surface area contributed by atoms with Crippen LogP contribution in [0.1, 0.15) is 34.1 Å². The van der Waals surface area contributed by atoms with E-state index in [2.05, 4.69) is 47.5 Å². The first-order valence-electron chi connectivity index (χ1n) is 14.6. The van der Waals surface area contributed by atoms with E-state index in [1.165, 1.54) is 4.88 Å². The molecule has 0 unspecified atom stereocenters. The van der Waals surface area contributed by atoms with Crippen LogP contribution < -0.4 is 26.9 Å². The summed E-state index contributed by atoms with van der Waals surface area (Å²) in [5, 5.41) is 19.1. The van der Waals surface area contributed by atoms with E-state index >= 15 is 0 Å². The number of H-pyrrole nitrogens is 1. The molecule has 230 valence electrons. The zero-order valence-corrected chi connectivity index (χ0v) is 25.7. The highest BCUT2D eigenvalue weighted by molar-refractivity contribution is 7.09. The third kappa shape index (κ3) is 6.49. The maximum atomic E-state index is 13.0. The second-order valence-electron chi connectivity index (χ2n) is 10.5. The lowest BCUT2D eigenvalue weighted by Gasteiger charge is -2.11. The van der Waals surface area contributed by atoms with Gasteiger partial charge in [0, 0.05) is 47.6 Å². The molecule has 0 saturated heterocycles. The molecule has 6 N–H and O–H groups in total. The van der Waals surface area contributed by atoms with Crippen LogP contribution in [-0.4, -0.2) is 48.6 Å². The Balaban J connectivity index is 1.08. The van der Waals surface area contributed by atoms with Crippen LogP contribution in [0.2, 0.25) is 0 Å². The summed E-state index contributed by atoms with van der Waals surface area (Å²) in [4.78, 5) is 43.9. The Kier molecular flexibility index (Phi) is 8.71. The van der Waals surface area contributed by atoms with E-state index in [1.807, 2.05) is 54.1 Å². The van der Waals surface area contributed by atoms with Crippen LogP contribution in [-0.2, 0) is 13.1 Å². The fraction of sp³-hybridized carbons (Fsp3) is 0.219. The van der Waals surface area contributed by atoms with Gasteiger partial charge in [-0.2, -0.15) is 9.97 Å². The summed E-state index contributed by atoms with van der Waals surface area (Å²) < 4.78 is 1.95. The Labute approximate surface area is 262 Å². The van der Waals surface area contributed by atoms with Crippen molar-refractivity contribution in [2.45, 2.75) is 33.4 Å². The minimum atomic E-state index is -0.489. The Morgan fingerprint density at radius 3 is 2.71 bits per heavy atom. The lowest BCUT2D eigenvalue weighted by Crippen LogP contribution is -2.26. The molecule has 0 aliphatic rings. The van der Waals surface area contributed by atoms with Gasteiger partial charge in [-0.15, -0.1) is 11.3 Å². The molecule has 45 heavy (non-hydrogen) atoms. The summed E-state index contributed by atoms with van der Waals surface area (Å²) in [5.74, 6) is 0.412. The van der Waals surface area contributed by atoms with Gasteiger partial charge in [0.05, 0.1) is 17.5 Å². The number of carbonyl (C=O) groups is 1. The van der Waals surface area contributed by atoms with Gasteiger partial charge in [0.2, 0.25) is 11.4 Å². The number of hydrazine groups is 1. The highest BCUT2D eigenvalue weighted by atomic mass is 32.1. The van der Waals surface area contributed by atoms with Gasteiger partial charge in [-0.05, 0) is 49.9 Å². The van der Waals surface area contributed by atoms with Crippen molar-refractivity contribution in [3.63, 3.8) is 0 Å². The number of aromatic hydroxyl groups is 1. The average Bonchev–Trinajstić information content (AvgIpc) is 3.73. The molecule has 0 radical (unpaired) electrons. The second kappa shape index (κ2) is 13.2. The number of pyridine rings is 1. The van der Waals surface area contributed by atoms with Crippen LogP contribution in [0.15, 0.2) is 71.1 Å². The van der Waals surface area contributed by atoms with Crippen molar-refractivity contribution >= 4 is 51.1 Å². The quantitative estimate of drug-likeness (QED) is 0.0832. The van der Waals surface area contributed by atoms with Crippen LogP contribution in [0.3, 0.4) is 0 Å². The number of hydrogen-bond donors (Lipinski definition) is 6. The number of fused-ring (bicyclic) bond motifs is 2. The summed E-state index contributed by atoms with van der Waals surface area (Å²) in [6, 6.07) is 16.3. The van der Waals surface area contributed by atoms with Crippen molar-refractivity contribution in [3.05, 3.63) is 92.5 Å². The molecular formula is C32H33N9O3S. The molecule has 1 amide bonds. The Hall–Kier alpha value is -5.27. The van der Waals surface area contributed by atoms with Gasteiger partial charge in [-0.3, -0.25) is 9.59 Å². The zero-order valence-electron chi connectivity index (χ0n) is 24.8. The predicted octanol–water partition coefficient (Wildman–Crippen LogP) is 4.78. The Morgan fingerprint density at radius 1 is 1.09 bits per heavy atom. The van der Waals surface area contributed by atoms with Crippen LogP contribution in [0, 0.1) is 6.92 Å². The molecule has 12 nitrogen and oxygen atoms in total. The largest absolute Gasteiger partial charge is 0.503 e. The van der Waals surface area contributed by atoms with E-state index in [0.717, 1.165) is 17.8 Å². The number of nitrogens with one attached hydrogen (secondary N) is 5. The third-order valence-electron chi connectivity index (χ3n) is 7.35. The fourth-order valence-electron chi connectivity index (χ4n) is 4.91. The molecule has 2 aromatic carbocycles. The van der Waals surface area contributed by atoms with Crippen molar-refractivity contribution in [2.75, 3.05) is 23.8 Å². The minimum absolute atomic E-state index is 0.268. The normalized spacial score (nSPS) is 11.2. The summed E-state index contributed by atoms with van der Waals surface area (Å²) >= 11 is 1.67. The van der Waals surface area contributed by atoms with E-state index in [-0.39, 0.29) is 11.7 Å². The van der Waals surface area contributed by atoms with Crippen molar-refractivity contribution in [1.82, 2.24) is 35.2 Å². The Bertz CT molecular complexity index is 2020. The first kappa shape index (κ1) is 29.8. The smallest absolute Gasteiger partial charge is 0.251 e. The first-order chi connectivity index (χ1) is 21.9. The van der Waals surface area contributed by atoms with Crippen molar-refractivity contribution in [1.29, 1.82) is 0 Å². The molecule has 4 aromatic heterocycles. The molecule has 4 heterocycles. The predicted molar refractivity (Wildman–Crippen MR) is 178 cm³/mol.